The first-order chi connectivity index (χ1) is 4.25. The summed E-state index contributed by atoms with van der Waals surface area (Å²) in [7, 11) is 0. The fourth-order valence-electron chi connectivity index (χ4n) is 0.323. The van der Waals surface area contributed by atoms with Crippen molar-refractivity contribution in [3.63, 3.8) is 0 Å². The zero-order valence-corrected chi connectivity index (χ0v) is 3.46. The van der Waals surface area contributed by atoms with Crippen LogP contribution in [-0.4, -0.2) is 18.9 Å². The average Bonchev–Trinajstić information content (AvgIpc) is 2.12. The first kappa shape index (κ1) is 2.69. The second-order valence-corrected chi connectivity index (χ2v) is 1.21. The van der Waals surface area contributed by atoms with Crippen LogP contribution in [-0.2, 0) is 4.74 Å². The van der Waals surface area contributed by atoms with E-state index in [2.05, 4.69) is 9.85 Å². The molecule has 1 heterocycles. The normalized spacial score (nSPS) is 43.9. The molecule has 1 rings (SSSR count). The van der Waals surface area contributed by atoms with Crippen molar-refractivity contribution in [2.75, 3.05) is 0 Å². The van der Waals surface area contributed by atoms with E-state index in [1.165, 1.54) is 0 Å². The number of aliphatic hydroxyl groups is 1. The molecule has 2 atom stereocenters. The maximum absolute atomic E-state index is 10.5. The summed E-state index contributed by atoms with van der Waals surface area (Å²) in [5.41, 5.74) is 0. The maximum Gasteiger partial charge on any atom is 0.211 e. The van der Waals surface area contributed by atoms with Crippen LogP contribution in [0.3, 0.4) is 0 Å². The average molecular weight is 103 g/mol. The van der Waals surface area contributed by atoms with E-state index in [-0.39, 0.29) is 6.05 Å². The van der Waals surface area contributed by atoms with Crippen LogP contribution in [0.2, 0.25) is 0 Å². The SMILES string of the molecule is [2H]OC1C([2H])=COC1[O-]. The second-order valence-electron chi connectivity index (χ2n) is 1.21. The molecule has 1 aliphatic rings. The summed E-state index contributed by atoms with van der Waals surface area (Å²) < 4.78 is 17.5. The van der Waals surface area contributed by atoms with Crippen molar-refractivity contribution in [1.82, 2.24) is 0 Å². The summed E-state index contributed by atoms with van der Waals surface area (Å²) >= 11 is 0. The van der Waals surface area contributed by atoms with Gasteiger partial charge in [0.15, 0.2) is 0 Å². The van der Waals surface area contributed by atoms with E-state index < -0.39 is 12.4 Å². The Morgan fingerprint density at radius 1 is 2.14 bits per heavy atom. The predicted octanol–water partition coefficient (Wildman–Crippen LogP) is -1.42. The Balaban J connectivity index is 2.57. The fraction of sp³-hybridized carbons (Fsp3) is 0.500. The van der Waals surface area contributed by atoms with Gasteiger partial charge in [0.25, 0.3) is 0 Å². The Kier molecular flexibility index (Phi) is 0.583. The molecule has 0 radical (unpaired) electrons. The van der Waals surface area contributed by atoms with Crippen LogP contribution in [0.1, 0.15) is 1.37 Å². The number of hydrogen-bond donors (Lipinski definition) is 1. The van der Waals surface area contributed by atoms with Crippen LogP contribution >= 0.6 is 0 Å². The summed E-state index contributed by atoms with van der Waals surface area (Å²) in [6.45, 7) is 0. The Morgan fingerprint density at radius 2 is 3.00 bits per heavy atom. The van der Waals surface area contributed by atoms with E-state index in [0.29, 0.717) is 0 Å². The third-order valence-electron chi connectivity index (χ3n) is 0.682. The van der Waals surface area contributed by atoms with Crippen molar-refractivity contribution >= 4 is 0 Å². The molecule has 0 aromatic carbocycles. The lowest BCUT2D eigenvalue weighted by Gasteiger charge is -2.17. The van der Waals surface area contributed by atoms with E-state index in [1.54, 1.807) is 0 Å². The summed E-state index contributed by atoms with van der Waals surface area (Å²) in [6.07, 6.45) is -1.49. The Bertz CT molecular complexity index is 136. The monoisotopic (exact) mass is 103 g/mol. The zero-order chi connectivity index (χ0) is 6.85. The van der Waals surface area contributed by atoms with Gasteiger partial charge in [-0.1, -0.05) is 0 Å². The summed E-state index contributed by atoms with van der Waals surface area (Å²) in [5, 5.41) is 14.4. The Labute approximate surface area is 43.7 Å². The molecule has 0 aliphatic carbocycles. The molecule has 0 spiro atoms. The highest BCUT2D eigenvalue weighted by molar-refractivity contribution is 4.90. The summed E-state index contributed by atoms with van der Waals surface area (Å²) in [4.78, 5) is 0. The van der Waals surface area contributed by atoms with Gasteiger partial charge in [0.1, 0.15) is 0 Å². The molecule has 0 aromatic rings. The van der Waals surface area contributed by atoms with Gasteiger partial charge in [0, 0.05) is 0 Å². The molecule has 2 unspecified atom stereocenters. The summed E-state index contributed by atoms with van der Waals surface area (Å²) in [6, 6.07) is -0.0787. The quantitative estimate of drug-likeness (QED) is 0.443. The largest absolute Gasteiger partial charge is 0.819 e. The third-order valence-corrected chi connectivity index (χ3v) is 0.682. The number of ether oxygens (including phenoxy) is 1. The molecular formula is C4H5O3-. The molecule has 1 aliphatic heterocycles. The molecule has 0 bridgehead atoms. The molecule has 0 fully saturated rings. The van der Waals surface area contributed by atoms with E-state index in [0.717, 1.165) is 6.26 Å². The van der Waals surface area contributed by atoms with Gasteiger partial charge in [-0.2, -0.15) is 0 Å². The van der Waals surface area contributed by atoms with Crippen LogP contribution in [0.25, 0.3) is 0 Å². The molecule has 0 amide bonds. The standard InChI is InChI=1S/C4H5O3/c5-3-1-2-7-4(3)6/h1-5H/q-1/i1D,5D. The molecule has 3 heteroatoms. The van der Waals surface area contributed by atoms with E-state index in [4.69, 9.17) is 2.80 Å². The molecule has 0 saturated heterocycles. The van der Waals surface area contributed by atoms with Crippen molar-refractivity contribution in [1.29, 1.82) is 1.43 Å². The van der Waals surface area contributed by atoms with Gasteiger partial charge in [-0.05, 0) is 6.05 Å². The van der Waals surface area contributed by atoms with Crippen molar-refractivity contribution in [3.05, 3.63) is 12.3 Å². The van der Waals surface area contributed by atoms with Gasteiger partial charge >= 0.3 is 0 Å². The van der Waals surface area contributed by atoms with Crippen molar-refractivity contribution < 1.29 is 16.3 Å². The van der Waals surface area contributed by atoms with Crippen molar-refractivity contribution in [3.8, 4) is 0 Å². The van der Waals surface area contributed by atoms with Crippen molar-refractivity contribution in [2.24, 2.45) is 0 Å². The molecule has 40 valence electrons. The molecule has 7 heavy (non-hydrogen) atoms. The minimum atomic E-state index is -1.44. The highest BCUT2D eigenvalue weighted by Gasteiger charge is 2.08. The maximum atomic E-state index is 10.5. The first-order valence-corrected chi connectivity index (χ1v) is 1.85. The fourth-order valence-corrected chi connectivity index (χ4v) is 0.323. The topological polar surface area (TPSA) is 52.5 Å². The van der Waals surface area contributed by atoms with Gasteiger partial charge in [-0.25, -0.2) is 0 Å². The lowest BCUT2D eigenvalue weighted by atomic mass is 10.4. The number of hydrogen-bond acceptors (Lipinski definition) is 3. The number of aliphatic hydroxyl groups excluding tert-OH is 1. The van der Waals surface area contributed by atoms with Crippen LogP contribution in [0.4, 0.5) is 0 Å². The minimum Gasteiger partial charge on any atom is -0.819 e. The molecular weight excluding hydrogens is 96.0 g/mol. The van der Waals surface area contributed by atoms with Gasteiger partial charge in [-0.3, -0.25) is 0 Å². The molecule has 0 saturated carbocycles. The Morgan fingerprint density at radius 3 is 3.29 bits per heavy atom. The van der Waals surface area contributed by atoms with Gasteiger partial charge in [0.05, 0.1) is 20.0 Å². The van der Waals surface area contributed by atoms with E-state index in [9.17, 15) is 5.11 Å². The van der Waals surface area contributed by atoms with Crippen LogP contribution in [0.15, 0.2) is 12.3 Å². The van der Waals surface area contributed by atoms with Crippen LogP contribution in [0.5, 0.6) is 0 Å². The van der Waals surface area contributed by atoms with E-state index in [1.807, 2.05) is 0 Å². The summed E-state index contributed by atoms with van der Waals surface area (Å²) in [5.74, 6) is 0. The third kappa shape index (κ3) is 0.730. The molecule has 3 nitrogen and oxygen atoms in total. The van der Waals surface area contributed by atoms with Gasteiger partial charge in [0.2, 0.25) is 1.43 Å². The predicted molar refractivity (Wildman–Crippen MR) is 20.0 cm³/mol. The lowest BCUT2D eigenvalue weighted by molar-refractivity contribution is -0.490. The minimum absolute atomic E-state index is 0.0787. The zero-order valence-electron chi connectivity index (χ0n) is 5.46. The van der Waals surface area contributed by atoms with Gasteiger partial charge < -0.3 is 15.0 Å². The van der Waals surface area contributed by atoms with E-state index >= 15 is 0 Å². The van der Waals surface area contributed by atoms with Crippen LogP contribution < -0.4 is 5.11 Å². The van der Waals surface area contributed by atoms with Crippen LogP contribution in [0, 0.1) is 0 Å². The lowest BCUT2D eigenvalue weighted by Crippen LogP contribution is -2.34. The number of rotatable bonds is 1. The Hall–Kier alpha value is -0.540. The first-order valence-electron chi connectivity index (χ1n) is 2.76. The molecule has 0 aromatic heterocycles. The smallest absolute Gasteiger partial charge is 0.211 e. The second kappa shape index (κ2) is 1.52. The highest BCUT2D eigenvalue weighted by Crippen LogP contribution is 2.02. The molecule has 1 N–H and O–H groups in total. The van der Waals surface area contributed by atoms with Gasteiger partial charge in [-0.15, -0.1) is 0 Å². The van der Waals surface area contributed by atoms with Crippen molar-refractivity contribution in [2.45, 2.75) is 12.4 Å². The highest BCUT2D eigenvalue weighted by atomic mass is 16.6.